The van der Waals surface area contributed by atoms with E-state index in [9.17, 15) is 4.79 Å². The Hall–Kier alpha value is -2.96. The average molecular weight is 378 g/mol. The predicted octanol–water partition coefficient (Wildman–Crippen LogP) is 2.70. The van der Waals surface area contributed by atoms with Crippen molar-refractivity contribution in [1.29, 1.82) is 0 Å². The lowest BCUT2D eigenvalue weighted by Gasteiger charge is -2.31. The minimum atomic E-state index is 0.0713. The Labute approximate surface area is 164 Å². The molecule has 1 N–H and O–H groups in total. The van der Waals surface area contributed by atoms with Crippen molar-refractivity contribution in [2.75, 3.05) is 25.0 Å². The van der Waals surface area contributed by atoms with Crippen LogP contribution in [0.15, 0.2) is 24.3 Å². The van der Waals surface area contributed by atoms with Crippen LogP contribution in [-0.2, 0) is 4.79 Å². The molecule has 1 saturated heterocycles. The molecule has 0 bridgehead atoms. The van der Waals surface area contributed by atoms with Gasteiger partial charge in [-0.2, -0.15) is 10.2 Å². The Balaban J connectivity index is 1.73. The Morgan fingerprint density at radius 2 is 1.75 bits per heavy atom. The molecular formula is C21H26N6O. The summed E-state index contributed by atoms with van der Waals surface area (Å²) in [6.45, 7) is 7.69. The molecule has 0 spiro atoms. The zero-order valence-corrected chi connectivity index (χ0v) is 16.9. The van der Waals surface area contributed by atoms with E-state index in [0.29, 0.717) is 0 Å². The molecule has 0 aliphatic carbocycles. The van der Waals surface area contributed by atoms with Crippen LogP contribution in [0.3, 0.4) is 0 Å². The second kappa shape index (κ2) is 7.22. The number of carbonyl (C=O) groups is 1. The summed E-state index contributed by atoms with van der Waals surface area (Å²) in [6.07, 6.45) is 1.63. The highest BCUT2D eigenvalue weighted by atomic mass is 16.1. The third-order valence-electron chi connectivity index (χ3n) is 5.67. The summed E-state index contributed by atoms with van der Waals surface area (Å²) in [7, 11) is 1.70. The molecule has 1 aliphatic heterocycles. The van der Waals surface area contributed by atoms with Gasteiger partial charge in [0.1, 0.15) is 5.52 Å². The maximum absolute atomic E-state index is 11.9. The van der Waals surface area contributed by atoms with E-state index in [1.54, 1.807) is 7.05 Å². The number of nitrogens with one attached hydrogen (secondary N) is 1. The Kier molecular flexibility index (Phi) is 4.75. The number of rotatable bonds is 3. The molecule has 1 aromatic carbocycles. The molecule has 3 heterocycles. The van der Waals surface area contributed by atoms with Crippen LogP contribution in [-0.4, -0.2) is 46.0 Å². The van der Waals surface area contributed by atoms with E-state index in [1.807, 2.05) is 11.6 Å². The zero-order chi connectivity index (χ0) is 19.8. The molecule has 28 heavy (non-hydrogen) atoms. The van der Waals surface area contributed by atoms with Gasteiger partial charge in [0.05, 0.1) is 22.5 Å². The van der Waals surface area contributed by atoms with Crippen molar-refractivity contribution in [3.63, 3.8) is 0 Å². The van der Waals surface area contributed by atoms with Crippen LogP contribution in [0.1, 0.15) is 29.8 Å². The summed E-state index contributed by atoms with van der Waals surface area (Å²) in [5, 5.41) is 17.6. The van der Waals surface area contributed by atoms with E-state index in [4.69, 9.17) is 5.10 Å². The summed E-state index contributed by atoms with van der Waals surface area (Å²) in [5.41, 5.74) is 5.08. The number of fused-ring (bicyclic) bond motifs is 1. The summed E-state index contributed by atoms with van der Waals surface area (Å²) < 4.78 is 1.97. The van der Waals surface area contributed by atoms with Gasteiger partial charge in [0.15, 0.2) is 5.82 Å². The quantitative estimate of drug-likeness (QED) is 0.758. The van der Waals surface area contributed by atoms with Gasteiger partial charge in [0, 0.05) is 26.1 Å². The van der Waals surface area contributed by atoms with Gasteiger partial charge in [-0.15, -0.1) is 5.10 Å². The molecule has 0 unspecified atom stereocenters. The van der Waals surface area contributed by atoms with Crippen molar-refractivity contribution in [2.45, 2.75) is 33.6 Å². The molecule has 1 fully saturated rings. The Morgan fingerprint density at radius 3 is 2.39 bits per heavy atom. The van der Waals surface area contributed by atoms with Crippen LogP contribution >= 0.6 is 0 Å². The van der Waals surface area contributed by atoms with E-state index in [2.05, 4.69) is 58.5 Å². The molecule has 4 rings (SSSR count). The Bertz CT molecular complexity index is 1020. The zero-order valence-electron chi connectivity index (χ0n) is 16.9. The number of amides is 1. The van der Waals surface area contributed by atoms with Crippen LogP contribution in [0.5, 0.6) is 0 Å². The molecule has 3 aromatic rings. The molecule has 146 valence electrons. The SMILES string of the molecule is CNC(=O)C1CCN(c2nnc(C)c3c(C)n(-c4ccc(C)cc4)nc23)CC1. The number of carbonyl (C=O) groups excluding carboxylic acids is 1. The second-order valence-corrected chi connectivity index (χ2v) is 7.54. The van der Waals surface area contributed by atoms with Gasteiger partial charge in [-0.25, -0.2) is 4.68 Å². The first-order chi connectivity index (χ1) is 13.5. The molecule has 1 aliphatic rings. The first kappa shape index (κ1) is 18.4. The first-order valence-corrected chi connectivity index (χ1v) is 9.75. The van der Waals surface area contributed by atoms with Crippen LogP contribution < -0.4 is 10.2 Å². The van der Waals surface area contributed by atoms with Gasteiger partial charge < -0.3 is 10.2 Å². The summed E-state index contributed by atoms with van der Waals surface area (Å²) in [4.78, 5) is 14.1. The summed E-state index contributed by atoms with van der Waals surface area (Å²) in [6, 6.07) is 8.35. The fourth-order valence-electron chi connectivity index (χ4n) is 4.02. The van der Waals surface area contributed by atoms with Crippen LogP contribution in [0.2, 0.25) is 0 Å². The van der Waals surface area contributed by atoms with Gasteiger partial charge in [-0.1, -0.05) is 17.7 Å². The molecule has 0 saturated carbocycles. The van der Waals surface area contributed by atoms with E-state index in [1.165, 1.54) is 5.56 Å². The van der Waals surface area contributed by atoms with E-state index in [-0.39, 0.29) is 11.8 Å². The first-order valence-electron chi connectivity index (χ1n) is 9.75. The summed E-state index contributed by atoms with van der Waals surface area (Å²) >= 11 is 0. The van der Waals surface area contributed by atoms with E-state index in [0.717, 1.165) is 59.7 Å². The molecular weight excluding hydrogens is 352 g/mol. The number of anilines is 1. The molecule has 1 amide bonds. The molecule has 7 nitrogen and oxygen atoms in total. The molecule has 0 atom stereocenters. The van der Waals surface area contributed by atoms with Crippen LogP contribution in [0, 0.1) is 26.7 Å². The number of piperidine rings is 1. The number of hydrogen-bond donors (Lipinski definition) is 1. The van der Waals surface area contributed by atoms with Gasteiger partial charge in [-0.3, -0.25) is 4.79 Å². The van der Waals surface area contributed by atoms with Crippen LogP contribution in [0.25, 0.3) is 16.6 Å². The van der Waals surface area contributed by atoms with Crippen LogP contribution in [0.4, 0.5) is 5.82 Å². The maximum Gasteiger partial charge on any atom is 0.222 e. The lowest BCUT2D eigenvalue weighted by Crippen LogP contribution is -2.40. The minimum Gasteiger partial charge on any atom is -0.359 e. The van der Waals surface area contributed by atoms with Crippen molar-refractivity contribution in [3.8, 4) is 5.69 Å². The van der Waals surface area contributed by atoms with Crippen molar-refractivity contribution < 1.29 is 4.79 Å². The lowest BCUT2D eigenvalue weighted by molar-refractivity contribution is -0.125. The minimum absolute atomic E-state index is 0.0713. The maximum atomic E-state index is 11.9. The van der Waals surface area contributed by atoms with Crippen molar-refractivity contribution in [3.05, 3.63) is 41.2 Å². The molecule has 0 radical (unpaired) electrons. The van der Waals surface area contributed by atoms with Gasteiger partial charge in [-0.05, 0) is 45.7 Å². The number of hydrogen-bond acceptors (Lipinski definition) is 5. The monoisotopic (exact) mass is 378 g/mol. The second-order valence-electron chi connectivity index (χ2n) is 7.54. The number of aryl methyl sites for hydroxylation is 3. The van der Waals surface area contributed by atoms with Crippen molar-refractivity contribution in [1.82, 2.24) is 25.3 Å². The topological polar surface area (TPSA) is 75.9 Å². The summed E-state index contributed by atoms with van der Waals surface area (Å²) in [5.74, 6) is 1.01. The number of benzene rings is 1. The highest BCUT2D eigenvalue weighted by Gasteiger charge is 2.27. The van der Waals surface area contributed by atoms with E-state index >= 15 is 0 Å². The van der Waals surface area contributed by atoms with Crippen molar-refractivity contribution >= 4 is 22.6 Å². The smallest absolute Gasteiger partial charge is 0.222 e. The normalized spacial score (nSPS) is 15.2. The highest BCUT2D eigenvalue weighted by Crippen LogP contribution is 2.31. The highest BCUT2D eigenvalue weighted by molar-refractivity contribution is 5.92. The lowest BCUT2D eigenvalue weighted by atomic mass is 9.96. The Morgan fingerprint density at radius 1 is 1.07 bits per heavy atom. The third-order valence-corrected chi connectivity index (χ3v) is 5.67. The van der Waals surface area contributed by atoms with Gasteiger partial charge in [0.25, 0.3) is 0 Å². The van der Waals surface area contributed by atoms with E-state index < -0.39 is 0 Å². The fourth-order valence-corrected chi connectivity index (χ4v) is 4.02. The predicted molar refractivity (Wildman–Crippen MR) is 110 cm³/mol. The van der Waals surface area contributed by atoms with Gasteiger partial charge in [0.2, 0.25) is 5.91 Å². The number of aromatic nitrogens is 4. The average Bonchev–Trinajstić information content (AvgIpc) is 3.06. The number of nitrogens with zero attached hydrogens (tertiary/aromatic N) is 5. The van der Waals surface area contributed by atoms with Gasteiger partial charge >= 0.3 is 0 Å². The third kappa shape index (κ3) is 3.10. The standard InChI is InChI=1S/C21H26N6O/c1-13-5-7-17(8-6-13)27-15(3)18-14(2)23-24-20(19(18)25-27)26-11-9-16(10-12-26)21(28)22-4/h5-8,16H,9-12H2,1-4H3,(H,22,28). The van der Waals surface area contributed by atoms with Crippen molar-refractivity contribution in [2.24, 2.45) is 5.92 Å². The molecule has 7 heteroatoms. The fraction of sp³-hybridized carbons (Fsp3) is 0.429. The largest absolute Gasteiger partial charge is 0.359 e. The molecule has 2 aromatic heterocycles.